The molecule has 2 heteroatoms. The summed E-state index contributed by atoms with van der Waals surface area (Å²) in [4.78, 5) is 0. The second-order valence-electron chi connectivity index (χ2n) is 5.97. The summed E-state index contributed by atoms with van der Waals surface area (Å²) in [5, 5.41) is 3.35. The topological polar surface area (TPSA) is 21.3 Å². The molecule has 0 aliphatic heterocycles. The maximum absolute atomic E-state index is 4.99. The molecule has 0 aromatic carbocycles. The normalized spacial score (nSPS) is 11.5. The number of allylic oxidation sites excluding steroid dienone is 1. The van der Waals surface area contributed by atoms with Crippen molar-refractivity contribution in [3.8, 4) is 0 Å². The lowest BCUT2D eigenvalue weighted by Gasteiger charge is -2.01. The molecule has 0 radical (unpaired) electrons. The Hall–Kier alpha value is -0.340. The standard InChI is InChI=1S/C19H39NO/c1-3-4-5-6-7-8-9-10-11-12-13-14-15-16-17-20-18-19-21-2/h14-15,20H,3-13,16-19H2,1-2H3. The first-order valence-electron chi connectivity index (χ1n) is 9.26. The lowest BCUT2D eigenvalue weighted by molar-refractivity contribution is 0.199. The Bertz CT molecular complexity index is 204. The summed E-state index contributed by atoms with van der Waals surface area (Å²) < 4.78 is 4.99. The van der Waals surface area contributed by atoms with Crippen LogP contribution in [0.3, 0.4) is 0 Å². The second-order valence-corrected chi connectivity index (χ2v) is 5.97. The average Bonchev–Trinajstić information content (AvgIpc) is 2.50. The number of methoxy groups -OCH3 is 1. The highest BCUT2D eigenvalue weighted by Gasteiger charge is 1.91. The van der Waals surface area contributed by atoms with Crippen molar-refractivity contribution >= 4 is 0 Å². The van der Waals surface area contributed by atoms with Gasteiger partial charge in [-0.15, -0.1) is 0 Å². The summed E-state index contributed by atoms with van der Waals surface area (Å²) in [5.74, 6) is 0. The maximum Gasteiger partial charge on any atom is 0.0587 e. The van der Waals surface area contributed by atoms with Crippen LogP contribution < -0.4 is 5.32 Å². The molecule has 0 aromatic heterocycles. The molecule has 1 N–H and O–H groups in total. The van der Waals surface area contributed by atoms with Gasteiger partial charge in [0.1, 0.15) is 0 Å². The molecule has 0 rings (SSSR count). The van der Waals surface area contributed by atoms with Crippen molar-refractivity contribution in [1.29, 1.82) is 0 Å². The Balaban J connectivity index is 3.01. The Morgan fingerprint density at radius 3 is 1.90 bits per heavy atom. The minimum absolute atomic E-state index is 0.808. The molecule has 0 bridgehead atoms. The van der Waals surface area contributed by atoms with E-state index in [1.807, 2.05) is 0 Å². The van der Waals surface area contributed by atoms with E-state index >= 15 is 0 Å². The minimum atomic E-state index is 0.808. The first kappa shape index (κ1) is 20.7. The van der Waals surface area contributed by atoms with Gasteiger partial charge in [0.15, 0.2) is 0 Å². The highest BCUT2D eigenvalue weighted by molar-refractivity contribution is 4.82. The molecule has 0 aliphatic carbocycles. The van der Waals surface area contributed by atoms with Crippen molar-refractivity contribution in [2.24, 2.45) is 0 Å². The van der Waals surface area contributed by atoms with E-state index < -0.39 is 0 Å². The molecule has 0 atom stereocenters. The van der Waals surface area contributed by atoms with Gasteiger partial charge in [0, 0.05) is 13.7 Å². The van der Waals surface area contributed by atoms with Crippen LogP contribution in [0.4, 0.5) is 0 Å². The van der Waals surface area contributed by atoms with E-state index in [4.69, 9.17) is 4.74 Å². The van der Waals surface area contributed by atoms with Gasteiger partial charge in [-0.3, -0.25) is 0 Å². The Morgan fingerprint density at radius 1 is 0.714 bits per heavy atom. The van der Waals surface area contributed by atoms with E-state index in [1.165, 1.54) is 70.6 Å². The fourth-order valence-electron chi connectivity index (χ4n) is 2.47. The third kappa shape index (κ3) is 19.7. The molecule has 0 aromatic rings. The van der Waals surface area contributed by atoms with E-state index in [0.717, 1.165) is 26.1 Å². The van der Waals surface area contributed by atoms with Crippen LogP contribution in [0.1, 0.15) is 84.0 Å². The minimum Gasteiger partial charge on any atom is -0.383 e. The van der Waals surface area contributed by atoms with E-state index in [-0.39, 0.29) is 0 Å². The average molecular weight is 298 g/mol. The van der Waals surface area contributed by atoms with Gasteiger partial charge in [0.05, 0.1) is 6.61 Å². The molecule has 0 amide bonds. The first-order valence-corrected chi connectivity index (χ1v) is 9.26. The zero-order valence-electron chi connectivity index (χ0n) is 14.7. The van der Waals surface area contributed by atoms with Crippen molar-refractivity contribution < 1.29 is 4.74 Å². The van der Waals surface area contributed by atoms with Crippen LogP contribution in [0.5, 0.6) is 0 Å². The predicted octanol–water partition coefficient (Wildman–Crippen LogP) is 5.48. The van der Waals surface area contributed by atoms with E-state index in [9.17, 15) is 0 Å². The summed E-state index contributed by atoms with van der Waals surface area (Å²) in [7, 11) is 1.74. The summed E-state index contributed by atoms with van der Waals surface area (Å²) in [6.07, 6.45) is 21.3. The molecule has 0 saturated carbocycles. The first-order chi connectivity index (χ1) is 10.4. The Kier molecular flexibility index (Phi) is 19.3. The highest BCUT2D eigenvalue weighted by atomic mass is 16.5. The molecule has 126 valence electrons. The molecule has 21 heavy (non-hydrogen) atoms. The number of nitrogens with one attached hydrogen (secondary N) is 1. The van der Waals surface area contributed by atoms with E-state index in [0.29, 0.717) is 0 Å². The predicted molar refractivity (Wildman–Crippen MR) is 95.0 cm³/mol. The lowest BCUT2D eigenvalue weighted by Crippen LogP contribution is -2.19. The lowest BCUT2D eigenvalue weighted by atomic mass is 10.1. The second kappa shape index (κ2) is 19.7. The zero-order chi connectivity index (χ0) is 15.4. The van der Waals surface area contributed by atoms with Crippen molar-refractivity contribution in [3.05, 3.63) is 12.2 Å². The molecular weight excluding hydrogens is 258 g/mol. The number of hydrogen-bond donors (Lipinski definition) is 1. The van der Waals surface area contributed by atoms with Gasteiger partial charge < -0.3 is 10.1 Å². The highest BCUT2D eigenvalue weighted by Crippen LogP contribution is 2.11. The van der Waals surface area contributed by atoms with E-state index in [2.05, 4.69) is 24.4 Å². The van der Waals surface area contributed by atoms with Gasteiger partial charge >= 0.3 is 0 Å². The zero-order valence-corrected chi connectivity index (χ0v) is 14.7. The summed E-state index contributed by atoms with van der Waals surface area (Å²) in [6.45, 7) is 5.12. The third-order valence-electron chi connectivity index (χ3n) is 3.86. The van der Waals surface area contributed by atoms with Gasteiger partial charge in [-0.25, -0.2) is 0 Å². The van der Waals surface area contributed by atoms with Crippen LogP contribution in [-0.2, 0) is 4.74 Å². The molecule has 0 heterocycles. The molecular formula is C19H39NO. The van der Waals surface area contributed by atoms with Crippen LogP contribution in [-0.4, -0.2) is 26.8 Å². The number of unbranched alkanes of at least 4 members (excludes halogenated alkanes) is 10. The number of hydrogen-bond acceptors (Lipinski definition) is 2. The van der Waals surface area contributed by atoms with Crippen LogP contribution in [0, 0.1) is 0 Å². The molecule has 0 saturated heterocycles. The monoisotopic (exact) mass is 297 g/mol. The largest absolute Gasteiger partial charge is 0.383 e. The van der Waals surface area contributed by atoms with Crippen LogP contribution >= 0.6 is 0 Å². The fourth-order valence-corrected chi connectivity index (χ4v) is 2.47. The quantitative estimate of drug-likeness (QED) is 0.283. The van der Waals surface area contributed by atoms with Crippen molar-refractivity contribution in [3.63, 3.8) is 0 Å². The number of rotatable bonds is 17. The van der Waals surface area contributed by atoms with Crippen molar-refractivity contribution in [1.82, 2.24) is 5.32 Å². The van der Waals surface area contributed by atoms with Gasteiger partial charge in [-0.05, 0) is 25.8 Å². The Morgan fingerprint density at radius 2 is 1.29 bits per heavy atom. The molecule has 0 aliphatic rings. The molecule has 0 spiro atoms. The van der Waals surface area contributed by atoms with Crippen molar-refractivity contribution in [2.45, 2.75) is 84.0 Å². The SMILES string of the molecule is CCCCCCCCCCCCC=CCCNCCOC. The summed E-state index contributed by atoms with van der Waals surface area (Å²) in [5.41, 5.74) is 0. The van der Waals surface area contributed by atoms with Gasteiger partial charge in [0.2, 0.25) is 0 Å². The van der Waals surface area contributed by atoms with Gasteiger partial charge in [-0.2, -0.15) is 0 Å². The van der Waals surface area contributed by atoms with Crippen molar-refractivity contribution in [2.75, 3.05) is 26.8 Å². The van der Waals surface area contributed by atoms with E-state index in [1.54, 1.807) is 7.11 Å². The fraction of sp³-hybridized carbons (Fsp3) is 0.895. The van der Waals surface area contributed by atoms with Gasteiger partial charge in [0.25, 0.3) is 0 Å². The summed E-state index contributed by atoms with van der Waals surface area (Å²) in [6, 6.07) is 0. The van der Waals surface area contributed by atoms with Crippen LogP contribution in [0.2, 0.25) is 0 Å². The molecule has 2 nitrogen and oxygen atoms in total. The third-order valence-corrected chi connectivity index (χ3v) is 3.86. The smallest absolute Gasteiger partial charge is 0.0587 e. The number of ether oxygens (including phenoxy) is 1. The molecule has 0 fully saturated rings. The molecule has 0 unspecified atom stereocenters. The Labute approximate surface area is 133 Å². The van der Waals surface area contributed by atoms with Crippen LogP contribution in [0.15, 0.2) is 12.2 Å². The van der Waals surface area contributed by atoms with Crippen LogP contribution in [0.25, 0.3) is 0 Å². The summed E-state index contributed by atoms with van der Waals surface area (Å²) >= 11 is 0. The van der Waals surface area contributed by atoms with Gasteiger partial charge in [-0.1, -0.05) is 76.9 Å². The maximum atomic E-state index is 4.99.